The molecule has 1 saturated heterocycles. The van der Waals surface area contributed by atoms with Crippen LogP contribution in [0, 0.1) is 0 Å². The Morgan fingerprint density at radius 1 is 1.29 bits per heavy atom. The quantitative estimate of drug-likeness (QED) is 0.760. The molecule has 2 fully saturated rings. The molecule has 0 amide bonds. The first-order valence-corrected chi connectivity index (χ1v) is 6.90. The van der Waals surface area contributed by atoms with Gasteiger partial charge in [-0.05, 0) is 25.7 Å². The molecule has 1 aliphatic carbocycles. The molecule has 0 aromatic rings. The van der Waals surface area contributed by atoms with Crippen LogP contribution in [0.25, 0.3) is 0 Å². The third-order valence-corrected chi connectivity index (χ3v) is 5.18. The lowest BCUT2D eigenvalue weighted by Gasteiger charge is -2.17. The molecule has 4 atom stereocenters. The van der Waals surface area contributed by atoms with Gasteiger partial charge in [-0.3, -0.25) is 4.21 Å². The highest BCUT2D eigenvalue weighted by Gasteiger charge is 2.31. The lowest BCUT2D eigenvalue weighted by molar-refractivity contribution is 0.128. The van der Waals surface area contributed by atoms with Gasteiger partial charge in [-0.1, -0.05) is 6.42 Å². The van der Waals surface area contributed by atoms with E-state index in [4.69, 9.17) is 10.5 Å². The maximum Gasteiger partial charge on any atom is 0.0691 e. The highest BCUT2D eigenvalue weighted by Crippen LogP contribution is 2.24. The zero-order valence-corrected chi connectivity index (χ0v) is 9.30. The van der Waals surface area contributed by atoms with Crippen molar-refractivity contribution in [3.05, 3.63) is 0 Å². The summed E-state index contributed by atoms with van der Waals surface area (Å²) >= 11 is 0. The van der Waals surface area contributed by atoms with Crippen LogP contribution in [0.15, 0.2) is 0 Å². The summed E-state index contributed by atoms with van der Waals surface area (Å²) in [5, 5.41) is 0.235. The molecule has 0 spiro atoms. The summed E-state index contributed by atoms with van der Waals surface area (Å²) < 4.78 is 17.4. The lowest BCUT2D eigenvalue weighted by Crippen LogP contribution is -2.35. The number of hydrogen-bond acceptors (Lipinski definition) is 3. The third-order valence-electron chi connectivity index (χ3n) is 3.22. The van der Waals surface area contributed by atoms with E-state index in [1.165, 1.54) is 0 Å². The van der Waals surface area contributed by atoms with Gasteiger partial charge >= 0.3 is 0 Å². The van der Waals surface area contributed by atoms with Crippen molar-refractivity contribution in [3.8, 4) is 0 Å². The van der Waals surface area contributed by atoms with Crippen LogP contribution in [0.5, 0.6) is 0 Å². The van der Waals surface area contributed by atoms with Crippen molar-refractivity contribution in [2.75, 3.05) is 12.4 Å². The van der Waals surface area contributed by atoms with Crippen molar-refractivity contribution >= 4 is 10.8 Å². The first-order valence-electron chi connectivity index (χ1n) is 5.52. The molecule has 1 heterocycles. The van der Waals surface area contributed by atoms with Gasteiger partial charge in [0.05, 0.1) is 11.9 Å². The smallest absolute Gasteiger partial charge is 0.0691 e. The Kier molecular flexibility index (Phi) is 3.57. The lowest BCUT2D eigenvalue weighted by atomic mass is 10.3. The van der Waals surface area contributed by atoms with Gasteiger partial charge < -0.3 is 10.5 Å². The Bertz CT molecular complexity index is 216. The summed E-state index contributed by atoms with van der Waals surface area (Å²) in [5.74, 6) is 0.707. The predicted molar refractivity (Wildman–Crippen MR) is 57.6 cm³/mol. The van der Waals surface area contributed by atoms with Crippen LogP contribution in [-0.2, 0) is 15.5 Å². The fourth-order valence-corrected chi connectivity index (χ4v) is 4.20. The van der Waals surface area contributed by atoms with E-state index in [1.54, 1.807) is 0 Å². The molecule has 4 unspecified atom stereocenters. The van der Waals surface area contributed by atoms with E-state index in [0.29, 0.717) is 5.75 Å². The van der Waals surface area contributed by atoms with Crippen molar-refractivity contribution in [1.82, 2.24) is 0 Å². The van der Waals surface area contributed by atoms with Gasteiger partial charge in [-0.2, -0.15) is 0 Å². The van der Waals surface area contributed by atoms with E-state index in [0.717, 1.165) is 38.7 Å². The summed E-state index contributed by atoms with van der Waals surface area (Å²) in [6, 6.07) is 0.164. The fourth-order valence-electron chi connectivity index (χ4n) is 2.36. The second-order valence-electron chi connectivity index (χ2n) is 4.32. The molecule has 2 N–H and O–H groups in total. The second-order valence-corrected chi connectivity index (χ2v) is 6.02. The molecule has 2 aliphatic rings. The van der Waals surface area contributed by atoms with Crippen LogP contribution >= 0.6 is 0 Å². The van der Waals surface area contributed by atoms with Crippen molar-refractivity contribution < 1.29 is 8.95 Å². The van der Waals surface area contributed by atoms with Crippen molar-refractivity contribution in [2.45, 2.75) is 49.5 Å². The first kappa shape index (κ1) is 10.6. The van der Waals surface area contributed by atoms with E-state index in [9.17, 15) is 4.21 Å². The van der Waals surface area contributed by atoms with Crippen LogP contribution in [0.1, 0.15) is 32.1 Å². The molecule has 4 heteroatoms. The van der Waals surface area contributed by atoms with Crippen LogP contribution in [0.2, 0.25) is 0 Å². The highest BCUT2D eigenvalue weighted by molar-refractivity contribution is 7.85. The largest absolute Gasteiger partial charge is 0.377 e. The standard InChI is InChI=1S/C10H19NO2S/c11-9-4-1-5-10(9)14(12)7-8-3-2-6-13-8/h8-10H,1-7,11H2. The predicted octanol–water partition coefficient (Wildman–Crippen LogP) is 0.794. The van der Waals surface area contributed by atoms with Gasteiger partial charge in [0.2, 0.25) is 0 Å². The minimum absolute atomic E-state index is 0.164. The molecule has 14 heavy (non-hydrogen) atoms. The number of nitrogens with two attached hydrogens (primary N) is 1. The number of hydrogen-bond donors (Lipinski definition) is 1. The first-order chi connectivity index (χ1) is 6.77. The van der Waals surface area contributed by atoms with Crippen molar-refractivity contribution in [3.63, 3.8) is 0 Å². The third kappa shape index (κ3) is 2.35. The molecular formula is C10H19NO2S. The molecule has 0 radical (unpaired) electrons. The Morgan fingerprint density at radius 2 is 2.14 bits per heavy atom. The maximum absolute atomic E-state index is 12.0. The van der Waals surface area contributed by atoms with Crippen LogP contribution in [0.4, 0.5) is 0 Å². The Balaban J connectivity index is 1.82. The molecule has 3 nitrogen and oxygen atoms in total. The van der Waals surface area contributed by atoms with Gasteiger partial charge in [0.1, 0.15) is 0 Å². The van der Waals surface area contributed by atoms with Crippen LogP contribution in [-0.4, -0.2) is 34.0 Å². The molecule has 1 aliphatic heterocycles. The average molecular weight is 217 g/mol. The monoisotopic (exact) mass is 217 g/mol. The topological polar surface area (TPSA) is 52.3 Å². The van der Waals surface area contributed by atoms with Crippen molar-refractivity contribution in [2.24, 2.45) is 5.73 Å². The van der Waals surface area contributed by atoms with Crippen molar-refractivity contribution in [1.29, 1.82) is 0 Å². The molecule has 2 rings (SSSR count). The van der Waals surface area contributed by atoms with Crippen LogP contribution < -0.4 is 5.73 Å². The summed E-state index contributed by atoms with van der Waals surface area (Å²) in [5.41, 5.74) is 5.92. The minimum Gasteiger partial charge on any atom is -0.377 e. The van der Waals surface area contributed by atoms with E-state index >= 15 is 0 Å². The van der Waals surface area contributed by atoms with E-state index in [2.05, 4.69) is 0 Å². The summed E-state index contributed by atoms with van der Waals surface area (Å²) in [7, 11) is -0.765. The van der Waals surface area contributed by atoms with Gasteiger partial charge in [-0.25, -0.2) is 0 Å². The number of rotatable bonds is 3. The minimum atomic E-state index is -0.765. The van der Waals surface area contributed by atoms with E-state index in [1.807, 2.05) is 0 Å². The maximum atomic E-state index is 12.0. The number of ether oxygens (including phenoxy) is 1. The fraction of sp³-hybridized carbons (Fsp3) is 1.00. The highest BCUT2D eigenvalue weighted by atomic mass is 32.2. The molecule has 1 saturated carbocycles. The molecule has 82 valence electrons. The average Bonchev–Trinajstić information content (AvgIpc) is 2.75. The van der Waals surface area contributed by atoms with Gasteiger partial charge in [-0.15, -0.1) is 0 Å². The molecular weight excluding hydrogens is 198 g/mol. The van der Waals surface area contributed by atoms with Crippen LogP contribution in [0.3, 0.4) is 0 Å². The molecule has 0 bridgehead atoms. The normalized spacial score (nSPS) is 40.2. The molecule has 0 aromatic carbocycles. The van der Waals surface area contributed by atoms with E-state index in [-0.39, 0.29) is 17.4 Å². The summed E-state index contributed by atoms with van der Waals surface area (Å²) in [6.45, 7) is 0.846. The SMILES string of the molecule is NC1CCCC1S(=O)CC1CCCO1. The van der Waals surface area contributed by atoms with Gasteiger partial charge in [0, 0.05) is 28.7 Å². The summed E-state index contributed by atoms with van der Waals surface area (Å²) in [6.07, 6.45) is 5.67. The Labute approximate surface area is 87.8 Å². The molecule has 0 aromatic heterocycles. The summed E-state index contributed by atoms with van der Waals surface area (Å²) in [4.78, 5) is 0. The zero-order chi connectivity index (χ0) is 9.97. The second kappa shape index (κ2) is 4.73. The van der Waals surface area contributed by atoms with Gasteiger partial charge in [0.15, 0.2) is 0 Å². The Morgan fingerprint density at radius 3 is 2.71 bits per heavy atom. The van der Waals surface area contributed by atoms with Gasteiger partial charge in [0.25, 0.3) is 0 Å². The van der Waals surface area contributed by atoms with E-state index < -0.39 is 10.8 Å². The Hall–Kier alpha value is 0.0700. The zero-order valence-electron chi connectivity index (χ0n) is 8.48.